The number of hydrogen-bond donors (Lipinski definition) is 0. The highest BCUT2D eigenvalue weighted by molar-refractivity contribution is 5.75. The van der Waals surface area contributed by atoms with Gasteiger partial charge in [-0.25, -0.2) is 4.79 Å². The maximum absolute atomic E-state index is 13.2. The first-order chi connectivity index (χ1) is 13.6. The number of halogens is 6. The molecule has 0 aromatic heterocycles. The minimum atomic E-state index is -4.90. The summed E-state index contributed by atoms with van der Waals surface area (Å²) >= 11 is 0. The molecule has 0 aliphatic carbocycles. The average Bonchev–Trinajstić information content (AvgIpc) is 2.57. The predicted octanol–water partition coefficient (Wildman–Crippen LogP) is 6.67. The number of hydrogen-bond acceptors (Lipinski definition) is 2. The molecule has 3 nitrogen and oxygen atoms in total. The summed E-state index contributed by atoms with van der Waals surface area (Å²) in [4.78, 5) is 14.2. The van der Waals surface area contributed by atoms with Gasteiger partial charge in [-0.2, -0.15) is 26.3 Å². The average molecular weight is 435 g/mol. The van der Waals surface area contributed by atoms with Crippen molar-refractivity contribution in [3.8, 4) is 0 Å². The Morgan fingerprint density at radius 2 is 1.53 bits per heavy atom. The number of alkyl halides is 6. The molecule has 2 aliphatic heterocycles. The minimum Gasteiger partial charge on any atom is -0.444 e. The summed E-state index contributed by atoms with van der Waals surface area (Å²) < 4.78 is 84.7. The Morgan fingerprint density at radius 1 is 0.967 bits per heavy atom. The Hall–Kier alpha value is -2.19. The number of ether oxygens (including phenoxy) is 1. The Labute approximate surface area is 170 Å². The third kappa shape index (κ3) is 4.92. The zero-order valence-corrected chi connectivity index (χ0v) is 16.8. The predicted molar refractivity (Wildman–Crippen MR) is 98.5 cm³/mol. The fraction of sp³-hybridized carbons (Fsp3) is 0.571. The lowest BCUT2D eigenvalue weighted by Crippen LogP contribution is -2.53. The molecule has 0 saturated carbocycles. The number of amides is 1. The first-order valence-corrected chi connectivity index (χ1v) is 9.67. The lowest BCUT2D eigenvalue weighted by molar-refractivity contribution is -0.143. The monoisotopic (exact) mass is 435 g/mol. The highest BCUT2D eigenvalue weighted by atomic mass is 19.4. The topological polar surface area (TPSA) is 29.5 Å². The molecule has 2 atom stereocenters. The van der Waals surface area contributed by atoms with Gasteiger partial charge in [-0.05, 0) is 75.8 Å². The van der Waals surface area contributed by atoms with Crippen molar-refractivity contribution in [2.24, 2.45) is 0 Å². The van der Waals surface area contributed by atoms with Crippen molar-refractivity contribution < 1.29 is 35.9 Å². The van der Waals surface area contributed by atoms with E-state index in [2.05, 4.69) is 0 Å². The highest BCUT2D eigenvalue weighted by Gasteiger charge is 2.41. The number of piperidine rings is 1. The van der Waals surface area contributed by atoms with Gasteiger partial charge in [-0.15, -0.1) is 0 Å². The van der Waals surface area contributed by atoms with Crippen molar-refractivity contribution in [1.82, 2.24) is 4.90 Å². The van der Waals surface area contributed by atoms with Crippen molar-refractivity contribution in [1.29, 1.82) is 0 Å². The van der Waals surface area contributed by atoms with Crippen molar-refractivity contribution in [2.45, 2.75) is 76.5 Å². The molecule has 2 heterocycles. The maximum Gasteiger partial charge on any atom is 0.416 e. The van der Waals surface area contributed by atoms with Crippen molar-refractivity contribution in [2.75, 3.05) is 0 Å². The van der Waals surface area contributed by atoms with E-state index in [-0.39, 0.29) is 24.1 Å². The SMILES string of the molecule is CC(C)(C)OC(=O)N1C2C=C(c3cc(C(F)(F)F)cc(C(F)(F)F)c3)CC1CCC2. The van der Waals surface area contributed by atoms with Crippen LogP contribution in [0.15, 0.2) is 24.3 Å². The van der Waals surface area contributed by atoms with Crippen molar-refractivity contribution in [3.05, 3.63) is 41.0 Å². The largest absolute Gasteiger partial charge is 0.444 e. The van der Waals surface area contributed by atoms with Gasteiger partial charge in [0.1, 0.15) is 5.60 Å². The highest BCUT2D eigenvalue weighted by Crippen LogP contribution is 2.42. The van der Waals surface area contributed by atoms with E-state index in [1.807, 2.05) is 0 Å². The standard InChI is InChI=1S/C21H23F6NO2/c1-19(2,3)30-18(29)28-16-5-4-6-17(28)10-13(9-16)12-7-14(20(22,23)24)11-15(8-12)21(25,26)27/h7-9,11,16-17H,4-6,10H2,1-3H3. The molecule has 1 aromatic rings. The Morgan fingerprint density at radius 3 is 2.00 bits per heavy atom. The molecular formula is C21H23F6NO2. The molecule has 0 N–H and O–H groups in total. The molecule has 166 valence electrons. The first-order valence-electron chi connectivity index (χ1n) is 9.67. The quantitative estimate of drug-likeness (QED) is 0.461. The molecule has 0 spiro atoms. The molecule has 2 bridgehead atoms. The zero-order valence-electron chi connectivity index (χ0n) is 16.8. The molecule has 0 radical (unpaired) electrons. The molecular weight excluding hydrogens is 412 g/mol. The second-order valence-electron chi connectivity index (χ2n) is 8.73. The summed E-state index contributed by atoms with van der Waals surface area (Å²) in [5.74, 6) is 0. The molecule has 1 amide bonds. The summed E-state index contributed by atoms with van der Waals surface area (Å²) in [5.41, 5.74) is -3.11. The summed E-state index contributed by atoms with van der Waals surface area (Å²) in [6, 6.07) is 0.870. The van der Waals surface area contributed by atoms with Gasteiger partial charge in [0.05, 0.1) is 17.2 Å². The fourth-order valence-electron chi connectivity index (χ4n) is 3.98. The van der Waals surface area contributed by atoms with Gasteiger partial charge in [0.2, 0.25) is 0 Å². The molecule has 9 heteroatoms. The number of fused-ring (bicyclic) bond motifs is 2. The van der Waals surface area contributed by atoms with Crippen LogP contribution in [0.25, 0.3) is 5.57 Å². The third-order valence-electron chi connectivity index (χ3n) is 5.20. The second kappa shape index (κ2) is 7.50. The van der Waals surface area contributed by atoms with Crippen LogP contribution in [-0.4, -0.2) is 28.7 Å². The summed E-state index contributed by atoms with van der Waals surface area (Å²) in [7, 11) is 0. The van der Waals surface area contributed by atoms with Crippen LogP contribution in [0, 0.1) is 0 Å². The first kappa shape index (κ1) is 22.5. The number of carbonyl (C=O) groups excluding carboxylic acids is 1. The van der Waals surface area contributed by atoms with Crippen LogP contribution in [0.3, 0.4) is 0 Å². The molecule has 1 saturated heterocycles. The van der Waals surface area contributed by atoms with Gasteiger partial charge in [-0.3, -0.25) is 4.90 Å². The number of nitrogens with zero attached hydrogens (tertiary/aromatic N) is 1. The third-order valence-corrected chi connectivity index (χ3v) is 5.20. The van der Waals surface area contributed by atoms with Gasteiger partial charge in [0.25, 0.3) is 0 Å². The van der Waals surface area contributed by atoms with E-state index >= 15 is 0 Å². The van der Waals surface area contributed by atoms with E-state index in [1.165, 1.54) is 0 Å². The van der Waals surface area contributed by atoms with Crippen LogP contribution in [0.5, 0.6) is 0 Å². The van der Waals surface area contributed by atoms with Crippen LogP contribution in [0.2, 0.25) is 0 Å². The van der Waals surface area contributed by atoms with E-state index in [1.54, 1.807) is 31.7 Å². The van der Waals surface area contributed by atoms with Gasteiger partial charge < -0.3 is 4.74 Å². The minimum absolute atomic E-state index is 0.113. The normalized spacial score (nSPS) is 22.6. The van der Waals surface area contributed by atoms with Crippen molar-refractivity contribution in [3.63, 3.8) is 0 Å². The zero-order chi connectivity index (χ0) is 22.5. The lowest BCUT2D eigenvalue weighted by Gasteiger charge is -2.45. The molecule has 1 fully saturated rings. The van der Waals surface area contributed by atoms with E-state index in [9.17, 15) is 31.1 Å². The van der Waals surface area contributed by atoms with Crippen LogP contribution in [-0.2, 0) is 17.1 Å². The van der Waals surface area contributed by atoms with Crippen LogP contribution >= 0.6 is 0 Å². The summed E-state index contributed by atoms with van der Waals surface area (Å²) in [6.45, 7) is 5.19. The lowest BCUT2D eigenvalue weighted by atomic mass is 9.82. The molecule has 30 heavy (non-hydrogen) atoms. The molecule has 2 unspecified atom stereocenters. The maximum atomic E-state index is 13.2. The summed E-state index contributed by atoms with van der Waals surface area (Å²) in [6.07, 6.45) is -6.54. The summed E-state index contributed by atoms with van der Waals surface area (Å²) in [5, 5.41) is 0. The Bertz CT molecular complexity index is 818. The van der Waals surface area contributed by atoms with Gasteiger partial charge in [0, 0.05) is 6.04 Å². The van der Waals surface area contributed by atoms with Crippen LogP contribution < -0.4 is 0 Å². The Kier molecular flexibility index (Phi) is 5.62. The smallest absolute Gasteiger partial charge is 0.416 e. The van der Waals surface area contributed by atoms with E-state index in [0.717, 1.165) is 18.6 Å². The number of carbonyl (C=O) groups is 1. The van der Waals surface area contributed by atoms with E-state index < -0.39 is 41.2 Å². The van der Waals surface area contributed by atoms with Crippen LogP contribution in [0.4, 0.5) is 31.1 Å². The van der Waals surface area contributed by atoms with E-state index in [0.29, 0.717) is 18.4 Å². The van der Waals surface area contributed by atoms with E-state index in [4.69, 9.17) is 4.74 Å². The molecule has 1 aromatic carbocycles. The van der Waals surface area contributed by atoms with Gasteiger partial charge in [-0.1, -0.05) is 6.08 Å². The Balaban J connectivity index is 2.00. The molecule has 3 rings (SSSR count). The van der Waals surface area contributed by atoms with Crippen LogP contribution in [0.1, 0.15) is 63.1 Å². The van der Waals surface area contributed by atoms with Gasteiger partial charge >= 0.3 is 18.4 Å². The number of rotatable bonds is 1. The molecule has 2 aliphatic rings. The number of benzene rings is 1. The fourth-order valence-corrected chi connectivity index (χ4v) is 3.98. The van der Waals surface area contributed by atoms with Crippen molar-refractivity contribution >= 4 is 11.7 Å². The second-order valence-corrected chi connectivity index (χ2v) is 8.73. The van der Waals surface area contributed by atoms with Gasteiger partial charge in [0.15, 0.2) is 0 Å².